The van der Waals surface area contributed by atoms with Crippen molar-refractivity contribution >= 4 is 33.3 Å². The molecule has 0 radical (unpaired) electrons. The molecule has 21 heavy (non-hydrogen) atoms. The molecule has 1 aliphatic rings. The number of benzene rings is 1. The van der Waals surface area contributed by atoms with Crippen molar-refractivity contribution in [1.82, 2.24) is 0 Å². The number of halogens is 2. The molecule has 1 unspecified atom stereocenters. The van der Waals surface area contributed by atoms with Crippen molar-refractivity contribution in [3.63, 3.8) is 0 Å². The highest BCUT2D eigenvalue weighted by Gasteiger charge is 2.28. The predicted molar refractivity (Wildman–Crippen MR) is 77.9 cm³/mol. The van der Waals surface area contributed by atoms with Gasteiger partial charge in [0.15, 0.2) is 0 Å². The van der Waals surface area contributed by atoms with E-state index in [0.717, 1.165) is 25.0 Å². The van der Waals surface area contributed by atoms with Gasteiger partial charge >= 0.3 is 5.97 Å². The van der Waals surface area contributed by atoms with Crippen molar-refractivity contribution in [2.75, 3.05) is 18.0 Å². The summed E-state index contributed by atoms with van der Waals surface area (Å²) in [5.41, 5.74) is 0.0232. The van der Waals surface area contributed by atoms with Crippen molar-refractivity contribution in [1.29, 1.82) is 0 Å². The third-order valence-electron chi connectivity index (χ3n) is 3.54. The van der Waals surface area contributed by atoms with Crippen LogP contribution < -0.4 is 4.90 Å². The number of aliphatic carboxylic acids is 1. The van der Waals surface area contributed by atoms with E-state index in [0.29, 0.717) is 13.1 Å². The molecule has 1 aromatic carbocycles. The highest BCUT2D eigenvalue weighted by molar-refractivity contribution is 9.10. The van der Waals surface area contributed by atoms with Gasteiger partial charge in [-0.15, -0.1) is 0 Å². The minimum atomic E-state index is -0.890. The summed E-state index contributed by atoms with van der Waals surface area (Å²) in [6, 6.07) is 2.27. The van der Waals surface area contributed by atoms with E-state index in [9.17, 15) is 19.3 Å². The summed E-state index contributed by atoms with van der Waals surface area (Å²) in [6.45, 7) is 0.937. The van der Waals surface area contributed by atoms with Gasteiger partial charge < -0.3 is 10.0 Å². The molecule has 0 saturated carbocycles. The molecule has 0 aromatic heterocycles. The second-order valence-corrected chi connectivity index (χ2v) is 5.92. The summed E-state index contributed by atoms with van der Waals surface area (Å²) in [4.78, 5) is 23.1. The van der Waals surface area contributed by atoms with E-state index in [1.165, 1.54) is 0 Å². The van der Waals surface area contributed by atoms with Crippen LogP contribution in [0.3, 0.4) is 0 Å². The molecule has 1 aliphatic heterocycles. The summed E-state index contributed by atoms with van der Waals surface area (Å²) >= 11 is 2.94. The Labute approximate surface area is 128 Å². The molecular weight excluding hydrogens is 347 g/mol. The van der Waals surface area contributed by atoms with E-state index in [-0.39, 0.29) is 28.2 Å². The Morgan fingerprint density at radius 2 is 2.29 bits per heavy atom. The topological polar surface area (TPSA) is 83.7 Å². The van der Waals surface area contributed by atoms with Crippen LogP contribution in [0.2, 0.25) is 0 Å². The van der Waals surface area contributed by atoms with Gasteiger partial charge in [-0.05, 0) is 34.7 Å². The minimum absolute atomic E-state index is 0.0172. The van der Waals surface area contributed by atoms with Gasteiger partial charge in [0.25, 0.3) is 5.69 Å². The van der Waals surface area contributed by atoms with Gasteiger partial charge in [0.1, 0.15) is 11.5 Å². The van der Waals surface area contributed by atoms with Gasteiger partial charge in [-0.3, -0.25) is 14.9 Å². The first kappa shape index (κ1) is 15.7. The molecule has 0 aliphatic carbocycles. The molecular formula is C13H14BrFN2O4. The zero-order valence-electron chi connectivity index (χ0n) is 11.1. The second-order valence-electron chi connectivity index (χ2n) is 5.06. The standard InChI is InChI=1S/C13H14BrFN2O4/c14-9-5-12(17(20)21)11(6-10(9)15)16-3-1-2-8(7-16)4-13(18)19/h5-6,8H,1-4,7H2,(H,18,19). The number of nitro benzene ring substituents is 1. The molecule has 1 fully saturated rings. The fourth-order valence-electron chi connectivity index (χ4n) is 2.62. The van der Waals surface area contributed by atoms with Gasteiger partial charge in [0.2, 0.25) is 0 Å². The number of carboxylic acids is 1. The summed E-state index contributed by atoms with van der Waals surface area (Å²) < 4.78 is 13.7. The smallest absolute Gasteiger partial charge is 0.303 e. The van der Waals surface area contributed by atoms with Crippen LogP contribution in [0.15, 0.2) is 16.6 Å². The van der Waals surface area contributed by atoms with Gasteiger partial charge in [-0.1, -0.05) is 0 Å². The van der Waals surface area contributed by atoms with E-state index in [1.54, 1.807) is 4.90 Å². The zero-order valence-corrected chi connectivity index (χ0v) is 12.7. The van der Waals surface area contributed by atoms with Crippen molar-refractivity contribution in [3.8, 4) is 0 Å². The second kappa shape index (κ2) is 6.38. The van der Waals surface area contributed by atoms with Crippen molar-refractivity contribution < 1.29 is 19.2 Å². The number of piperidine rings is 1. The fourth-order valence-corrected chi connectivity index (χ4v) is 2.95. The largest absolute Gasteiger partial charge is 0.481 e. The van der Waals surface area contributed by atoms with E-state index in [1.807, 2.05) is 0 Å². The quantitative estimate of drug-likeness (QED) is 0.658. The molecule has 0 amide bonds. The van der Waals surface area contributed by atoms with Crippen LogP contribution in [0.5, 0.6) is 0 Å². The Morgan fingerprint density at radius 3 is 2.90 bits per heavy atom. The fraction of sp³-hybridized carbons (Fsp3) is 0.462. The molecule has 0 spiro atoms. The lowest BCUT2D eigenvalue weighted by molar-refractivity contribution is -0.384. The van der Waals surface area contributed by atoms with E-state index in [2.05, 4.69) is 15.9 Å². The minimum Gasteiger partial charge on any atom is -0.481 e. The van der Waals surface area contributed by atoms with Crippen LogP contribution in [0.1, 0.15) is 19.3 Å². The molecule has 114 valence electrons. The van der Waals surface area contributed by atoms with Crippen molar-refractivity contribution in [2.45, 2.75) is 19.3 Å². The Bertz CT molecular complexity index is 582. The first-order chi connectivity index (χ1) is 9.88. The Hall–Kier alpha value is -1.70. The van der Waals surface area contributed by atoms with Crippen molar-refractivity contribution in [2.24, 2.45) is 5.92 Å². The molecule has 1 aromatic rings. The van der Waals surface area contributed by atoms with Crippen LogP contribution in [0.25, 0.3) is 0 Å². The van der Waals surface area contributed by atoms with Crippen LogP contribution in [0.4, 0.5) is 15.8 Å². The maximum absolute atomic E-state index is 13.7. The van der Waals surface area contributed by atoms with Gasteiger partial charge in [-0.2, -0.15) is 0 Å². The lowest BCUT2D eigenvalue weighted by Gasteiger charge is -2.33. The third-order valence-corrected chi connectivity index (χ3v) is 4.14. The summed E-state index contributed by atoms with van der Waals surface area (Å²) in [5, 5.41) is 20.0. The number of nitrogens with zero attached hydrogens (tertiary/aromatic N) is 2. The first-order valence-electron chi connectivity index (χ1n) is 6.48. The third kappa shape index (κ3) is 3.69. The predicted octanol–water partition coefficient (Wildman–Crippen LogP) is 3.19. The lowest BCUT2D eigenvalue weighted by atomic mass is 9.94. The SMILES string of the molecule is O=C(O)CC1CCCN(c2cc(F)c(Br)cc2[N+](=O)[O-])C1. The van der Waals surface area contributed by atoms with Gasteiger partial charge in [0, 0.05) is 31.6 Å². The molecule has 1 saturated heterocycles. The summed E-state index contributed by atoms with van der Waals surface area (Å²) in [6.07, 6.45) is 1.51. The Morgan fingerprint density at radius 1 is 1.57 bits per heavy atom. The van der Waals surface area contributed by atoms with Gasteiger partial charge in [-0.25, -0.2) is 4.39 Å². The number of carboxylic acid groups (broad SMARTS) is 1. The van der Waals surface area contributed by atoms with Crippen LogP contribution in [-0.4, -0.2) is 29.1 Å². The first-order valence-corrected chi connectivity index (χ1v) is 7.28. The molecule has 1 N–H and O–H groups in total. The van der Waals surface area contributed by atoms with Crippen LogP contribution in [-0.2, 0) is 4.79 Å². The lowest BCUT2D eigenvalue weighted by Crippen LogP contribution is -2.36. The zero-order chi connectivity index (χ0) is 15.6. The molecule has 2 rings (SSSR count). The highest BCUT2D eigenvalue weighted by Crippen LogP contribution is 2.35. The molecule has 1 heterocycles. The summed E-state index contributed by atoms with van der Waals surface area (Å²) in [7, 11) is 0. The van der Waals surface area contributed by atoms with Gasteiger partial charge in [0.05, 0.1) is 9.40 Å². The maximum Gasteiger partial charge on any atom is 0.303 e. The van der Waals surface area contributed by atoms with E-state index < -0.39 is 16.7 Å². The number of hydrogen-bond acceptors (Lipinski definition) is 4. The van der Waals surface area contributed by atoms with E-state index in [4.69, 9.17) is 5.11 Å². The maximum atomic E-state index is 13.7. The Kier molecular flexibility index (Phi) is 4.76. The summed E-state index contributed by atoms with van der Waals surface area (Å²) in [5.74, 6) is -1.54. The monoisotopic (exact) mass is 360 g/mol. The molecule has 8 heteroatoms. The number of carbonyl (C=O) groups is 1. The number of anilines is 1. The molecule has 1 atom stereocenters. The number of nitro groups is 1. The average molecular weight is 361 g/mol. The van der Waals surface area contributed by atoms with Crippen LogP contribution >= 0.6 is 15.9 Å². The Balaban J connectivity index is 2.30. The number of rotatable bonds is 4. The number of hydrogen-bond donors (Lipinski definition) is 1. The van der Waals surface area contributed by atoms with E-state index >= 15 is 0 Å². The van der Waals surface area contributed by atoms with Crippen molar-refractivity contribution in [3.05, 3.63) is 32.5 Å². The molecule has 0 bridgehead atoms. The highest BCUT2D eigenvalue weighted by atomic mass is 79.9. The van der Waals surface area contributed by atoms with Crippen LogP contribution in [0, 0.1) is 21.8 Å². The normalized spacial score (nSPS) is 18.6. The molecule has 6 nitrogen and oxygen atoms in total. The average Bonchev–Trinajstić information content (AvgIpc) is 2.40.